The van der Waals surface area contributed by atoms with Crippen molar-refractivity contribution in [3.63, 3.8) is 0 Å². The van der Waals surface area contributed by atoms with Gasteiger partial charge in [0.25, 0.3) is 5.91 Å². The maximum Gasteiger partial charge on any atom is 0.251 e. The molecule has 5 nitrogen and oxygen atoms in total. The Morgan fingerprint density at radius 2 is 2.26 bits per heavy atom. The first-order valence-corrected chi connectivity index (χ1v) is 6.29. The largest absolute Gasteiger partial charge is 0.496 e. The maximum absolute atomic E-state index is 11.5. The Hall–Kier alpha value is -1.82. The number of carbonyl (C=O) groups is 2. The molecular weight excluding hydrogens is 264 g/mol. The summed E-state index contributed by atoms with van der Waals surface area (Å²) in [6.45, 7) is 0. The number of rotatable bonds is 3. The number of nitrogens with zero attached hydrogens (tertiary/aromatic N) is 1. The van der Waals surface area contributed by atoms with Crippen molar-refractivity contribution in [2.75, 3.05) is 7.11 Å². The van der Waals surface area contributed by atoms with Crippen LogP contribution in [0.5, 0.6) is 5.75 Å². The summed E-state index contributed by atoms with van der Waals surface area (Å²) in [6, 6.07) is 4.94. The van der Waals surface area contributed by atoms with Crippen LogP contribution in [-0.2, 0) is 9.59 Å². The molecule has 100 valence electrons. The zero-order chi connectivity index (χ0) is 13.8. The molecule has 19 heavy (non-hydrogen) atoms. The van der Waals surface area contributed by atoms with Gasteiger partial charge >= 0.3 is 0 Å². The molecular formula is C13H14N2O3S. The van der Waals surface area contributed by atoms with Gasteiger partial charge in [-0.25, -0.2) is 0 Å². The summed E-state index contributed by atoms with van der Waals surface area (Å²) >= 11 is 4.36. The van der Waals surface area contributed by atoms with Crippen molar-refractivity contribution in [3.05, 3.63) is 23.8 Å². The van der Waals surface area contributed by atoms with Crippen molar-refractivity contribution >= 4 is 30.7 Å². The molecule has 0 bridgehead atoms. The molecule has 1 saturated heterocycles. The highest BCUT2D eigenvalue weighted by Crippen LogP contribution is 2.24. The number of piperidine rings is 1. The molecule has 1 aliphatic heterocycles. The molecule has 1 unspecified atom stereocenters. The second-order valence-electron chi connectivity index (χ2n) is 4.14. The number of thiol groups is 1. The lowest BCUT2D eigenvalue weighted by atomic mass is 10.1. The van der Waals surface area contributed by atoms with E-state index < -0.39 is 6.04 Å². The van der Waals surface area contributed by atoms with E-state index in [1.807, 2.05) is 12.1 Å². The van der Waals surface area contributed by atoms with E-state index in [9.17, 15) is 9.59 Å². The van der Waals surface area contributed by atoms with E-state index in [0.717, 1.165) is 5.56 Å². The molecule has 2 rings (SSSR count). The van der Waals surface area contributed by atoms with Crippen molar-refractivity contribution in [2.24, 2.45) is 4.99 Å². The van der Waals surface area contributed by atoms with E-state index in [1.54, 1.807) is 19.4 Å². The van der Waals surface area contributed by atoms with Crippen molar-refractivity contribution in [1.82, 2.24) is 5.32 Å². The standard InChI is InChI=1S/C13H14N2O3S/c1-18-10-4-2-3-8(12(10)19)7-14-9-5-6-11(16)15-13(9)17/h2-4,7,9,19H,5-6H2,1H3,(H,15,16,17)/b14-7+. The number of methoxy groups -OCH3 is 1. The molecule has 2 amide bonds. The third-order valence-corrected chi connectivity index (χ3v) is 3.33. The lowest BCUT2D eigenvalue weighted by Crippen LogP contribution is -2.43. The number of carbonyl (C=O) groups excluding carboxylic acids is 2. The number of hydrogen-bond acceptors (Lipinski definition) is 5. The predicted octanol–water partition coefficient (Wildman–Crippen LogP) is 1.21. The van der Waals surface area contributed by atoms with E-state index in [4.69, 9.17) is 4.74 Å². The number of nitrogens with one attached hydrogen (secondary N) is 1. The Morgan fingerprint density at radius 1 is 1.47 bits per heavy atom. The van der Waals surface area contributed by atoms with Crippen LogP contribution in [-0.4, -0.2) is 31.2 Å². The van der Waals surface area contributed by atoms with Crippen LogP contribution >= 0.6 is 12.6 Å². The molecule has 1 aliphatic rings. The fourth-order valence-corrected chi connectivity index (χ4v) is 2.10. The molecule has 0 aliphatic carbocycles. The highest BCUT2D eigenvalue weighted by Gasteiger charge is 2.25. The van der Waals surface area contributed by atoms with Gasteiger partial charge < -0.3 is 4.74 Å². The first kappa shape index (κ1) is 13.6. The average molecular weight is 278 g/mol. The van der Waals surface area contributed by atoms with Crippen LogP contribution in [0.3, 0.4) is 0 Å². The van der Waals surface area contributed by atoms with Crippen LogP contribution in [0.1, 0.15) is 18.4 Å². The minimum absolute atomic E-state index is 0.243. The van der Waals surface area contributed by atoms with E-state index in [0.29, 0.717) is 23.5 Å². The zero-order valence-corrected chi connectivity index (χ0v) is 11.3. The quantitative estimate of drug-likeness (QED) is 0.496. The third kappa shape index (κ3) is 3.14. The van der Waals surface area contributed by atoms with E-state index in [2.05, 4.69) is 22.9 Å². The van der Waals surface area contributed by atoms with Crippen LogP contribution in [0.4, 0.5) is 0 Å². The third-order valence-electron chi connectivity index (χ3n) is 2.85. The Morgan fingerprint density at radius 3 is 2.95 bits per heavy atom. The van der Waals surface area contributed by atoms with Gasteiger partial charge in [0.15, 0.2) is 0 Å². The van der Waals surface area contributed by atoms with Crippen LogP contribution in [0.15, 0.2) is 28.1 Å². The summed E-state index contributed by atoms with van der Waals surface area (Å²) in [4.78, 5) is 27.4. The highest BCUT2D eigenvalue weighted by atomic mass is 32.1. The Bertz CT molecular complexity index is 543. The monoisotopic (exact) mass is 278 g/mol. The highest BCUT2D eigenvalue weighted by molar-refractivity contribution is 7.80. The molecule has 0 saturated carbocycles. The lowest BCUT2D eigenvalue weighted by Gasteiger charge is -2.17. The molecule has 1 aromatic carbocycles. The first-order valence-electron chi connectivity index (χ1n) is 5.84. The molecule has 1 heterocycles. The average Bonchev–Trinajstić information content (AvgIpc) is 2.39. The fourth-order valence-electron chi connectivity index (χ4n) is 1.80. The number of imide groups is 1. The van der Waals surface area contributed by atoms with Gasteiger partial charge in [0, 0.05) is 18.2 Å². The molecule has 1 fully saturated rings. The molecule has 0 aromatic heterocycles. The fraction of sp³-hybridized carbons (Fsp3) is 0.308. The Balaban J connectivity index is 2.15. The van der Waals surface area contributed by atoms with Gasteiger partial charge in [-0.1, -0.05) is 12.1 Å². The summed E-state index contributed by atoms with van der Waals surface area (Å²) in [5.74, 6) is 0.0550. The van der Waals surface area contributed by atoms with Gasteiger partial charge in [0.2, 0.25) is 5.91 Å². The van der Waals surface area contributed by atoms with E-state index in [-0.39, 0.29) is 11.8 Å². The topological polar surface area (TPSA) is 67.8 Å². The molecule has 0 radical (unpaired) electrons. The first-order chi connectivity index (χ1) is 9.11. The summed E-state index contributed by atoms with van der Waals surface area (Å²) in [6.07, 6.45) is 2.34. The van der Waals surface area contributed by atoms with Crippen LogP contribution in [0.2, 0.25) is 0 Å². The number of aliphatic imine (C=N–C) groups is 1. The van der Waals surface area contributed by atoms with Gasteiger partial charge in [-0.3, -0.25) is 19.9 Å². The summed E-state index contributed by atoms with van der Waals surface area (Å²) < 4.78 is 5.15. The Labute approximate surface area is 116 Å². The molecule has 1 N–H and O–H groups in total. The lowest BCUT2D eigenvalue weighted by molar-refractivity contribution is -0.133. The van der Waals surface area contributed by atoms with Crippen LogP contribution in [0.25, 0.3) is 0 Å². The second kappa shape index (κ2) is 5.88. The molecule has 1 atom stereocenters. The normalized spacial score (nSPS) is 19.6. The van der Waals surface area contributed by atoms with Gasteiger partial charge in [0.05, 0.1) is 12.0 Å². The van der Waals surface area contributed by atoms with Gasteiger partial charge in [-0.15, -0.1) is 12.6 Å². The van der Waals surface area contributed by atoms with Gasteiger partial charge in [0.1, 0.15) is 11.8 Å². The Kier molecular flexibility index (Phi) is 4.21. The van der Waals surface area contributed by atoms with Crippen LogP contribution < -0.4 is 10.1 Å². The van der Waals surface area contributed by atoms with E-state index in [1.165, 1.54) is 0 Å². The molecule has 0 spiro atoms. The predicted molar refractivity (Wildman–Crippen MR) is 74.0 cm³/mol. The minimum atomic E-state index is -0.517. The van der Waals surface area contributed by atoms with Crippen molar-refractivity contribution in [3.8, 4) is 5.75 Å². The van der Waals surface area contributed by atoms with Gasteiger partial charge in [-0.05, 0) is 12.5 Å². The zero-order valence-electron chi connectivity index (χ0n) is 10.4. The summed E-state index contributed by atoms with van der Waals surface area (Å²) in [5.41, 5.74) is 0.771. The summed E-state index contributed by atoms with van der Waals surface area (Å²) in [5, 5.41) is 2.27. The maximum atomic E-state index is 11.5. The number of amides is 2. The summed E-state index contributed by atoms with van der Waals surface area (Å²) in [7, 11) is 1.57. The molecule has 6 heteroatoms. The second-order valence-corrected chi connectivity index (χ2v) is 4.59. The SMILES string of the molecule is COc1cccc(/C=N/C2CCC(=O)NC2=O)c1S. The van der Waals surface area contributed by atoms with Gasteiger partial charge in [-0.2, -0.15) is 0 Å². The van der Waals surface area contributed by atoms with Crippen LogP contribution in [0, 0.1) is 0 Å². The van der Waals surface area contributed by atoms with E-state index >= 15 is 0 Å². The molecule has 1 aromatic rings. The van der Waals surface area contributed by atoms with Crippen molar-refractivity contribution < 1.29 is 14.3 Å². The number of benzene rings is 1. The number of hydrogen-bond donors (Lipinski definition) is 2. The smallest absolute Gasteiger partial charge is 0.251 e. The number of ether oxygens (including phenoxy) is 1. The minimum Gasteiger partial charge on any atom is -0.496 e. The van der Waals surface area contributed by atoms with Crippen molar-refractivity contribution in [1.29, 1.82) is 0 Å². The van der Waals surface area contributed by atoms with Crippen molar-refractivity contribution in [2.45, 2.75) is 23.8 Å².